The van der Waals surface area contributed by atoms with E-state index >= 15 is 0 Å². The van der Waals surface area contributed by atoms with E-state index in [4.69, 9.17) is 4.74 Å². The second kappa shape index (κ2) is 7.75. The number of esters is 2. The van der Waals surface area contributed by atoms with Crippen LogP contribution in [0.15, 0.2) is 29.2 Å². The van der Waals surface area contributed by atoms with Crippen molar-refractivity contribution < 1.29 is 27.5 Å². The summed E-state index contributed by atoms with van der Waals surface area (Å²) in [6.07, 6.45) is -0.0589. The van der Waals surface area contributed by atoms with Gasteiger partial charge in [-0.3, -0.25) is 4.79 Å². The van der Waals surface area contributed by atoms with Crippen molar-refractivity contribution in [2.24, 2.45) is 0 Å². The number of methoxy groups -OCH3 is 1. The van der Waals surface area contributed by atoms with E-state index in [0.717, 1.165) is 0 Å². The molecule has 0 aliphatic heterocycles. The zero-order valence-corrected chi connectivity index (χ0v) is 12.6. The maximum atomic E-state index is 11.9. The van der Waals surface area contributed by atoms with Crippen LogP contribution in [0.3, 0.4) is 0 Å². The molecule has 0 bridgehead atoms. The molecule has 7 nitrogen and oxygen atoms in total. The van der Waals surface area contributed by atoms with E-state index in [-0.39, 0.29) is 30.0 Å². The molecule has 21 heavy (non-hydrogen) atoms. The van der Waals surface area contributed by atoms with Gasteiger partial charge in [-0.15, -0.1) is 0 Å². The molecule has 0 aliphatic carbocycles. The highest BCUT2D eigenvalue weighted by molar-refractivity contribution is 7.89. The molecule has 0 aromatic heterocycles. The molecule has 0 aliphatic rings. The van der Waals surface area contributed by atoms with Gasteiger partial charge in [0.1, 0.15) is 0 Å². The van der Waals surface area contributed by atoms with E-state index in [9.17, 15) is 18.0 Å². The largest absolute Gasteiger partial charge is 0.469 e. The highest BCUT2D eigenvalue weighted by atomic mass is 32.2. The molecule has 1 N–H and O–H groups in total. The Balaban J connectivity index is 2.71. The van der Waals surface area contributed by atoms with Crippen molar-refractivity contribution >= 4 is 22.0 Å². The molecule has 0 amide bonds. The van der Waals surface area contributed by atoms with Gasteiger partial charge in [0.2, 0.25) is 10.0 Å². The topological polar surface area (TPSA) is 98.8 Å². The summed E-state index contributed by atoms with van der Waals surface area (Å²) in [7, 11) is -2.50. The molecule has 0 unspecified atom stereocenters. The third-order valence-electron chi connectivity index (χ3n) is 2.52. The van der Waals surface area contributed by atoms with E-state index in [1.807, 2.05) is 0 Å². The Morgan fingerprint density at radius 2 is 1.81 bits per heavy atom. The average Bonchev–Trinajstić information content (AvgIpc) is 2.47. The fraction of sp³-hybridized carbons (Fsp3) is 0.385. The van der Waals surface area contributed by atoms with Crippen molar-refractivity contribution in [3.63, 3.8) is 0 Å². The number of hydrogen-bond donors (Lipinski definition) is 1. The van der Waals surface area contributed by atoms with Crippen molar-refractivity contribution in [3.8, 4) is 0 Å². The molecular weight excluding hydrogens is 298 g/mol. The third kappa shape index (κ3) is 5.16. The Bertz CT molecular complexity index is 594. The van der Waals surface area contributed by atoms with Crippen LogP contribution in [0.5, 0.6) is 0 Å². The minimum atomic E-state index is -3.73. The highest BCUT2D eigenvalue weighted by Gasteiger charge is 2.15. The molecule has 0 saturated heterocycles. The molecule has 0 radical (unpaired) electrons. The third-order valence-corrected chi connectivity index (χ3v) is 4.00. The van der Waals surface area contributed by atoms with E-state index in [2.05, 4.69) is 9.46 Å². The number of nitrogens with one attached hydrogen (secondary N) is 1. The molecular formula is C13H17NO6S. The summed E-state index contributed by atoms with van der Waals surface area (Å²) >= 11 is 0. The van der Waals surface area contributed by atoms with Gasteiger partial charge in [-0.25, -0.2) is 17.9 Å². The Morgan fingerprint density at radius 3 is 2.33 bits per heavy atom. The highest BCUT2D eigenvalue weighted by Crippen LogP contribution is 2.11. The first kappa shape index (κ1) is 17.1. The van der Waals surface area contributed by atoms with E-state index in [1.54, 1.807) is 6.92 Å². The van der Waals surface area contributed by atoms with Gasteiger partial charge in [0.25, 0.3) is 0 Å². The first-order chi connectivity index (χ1) is 9.90. The first-order valence-electron chi connectivity index (χ1n) is 6.24. The van der Waals surface area contributed by atoms with Crippen LogP contribution in [0.2, 0.25) is 0 Å². The van der Waals surface area contributed by atoms with Gasteiger partial charge in [0, 0.05) is 6.54 Å². The molecule has 1 aromatic rings. The van der Waals surface area contributed by atoms with E-state index in [1.165, 1.54) is 31.4 Å². The van der Waals surface area contributed by atoms with E-state index in [0.29, 0.717) is 0 Å². The van der Waals surface area contributed by atoms with Crippen LogP contribution < -0.4 is 4.72 Å². The number of rotatable bonds is 7. The standard InChI is InChI=1S/C13H17NO6S/c1-3-20-13(16)10-4-6-11(7-5-10)21(17,18)14-9-8-12(15)19-2/h4-7,14H,3,8-9H2,1-2H3. The number of sulfonamides is 1. The lowest BCUT2D eigenvalue weighted by Crippen LogP contribution is -2.26. The average molecular weight is 315 g/mol. The maximum Gasteiger partial charge on any atom is 0.338 e. The second-order valence-electron chi connectivity index (χ2n) is 3.97. The van der Waals surface area contributed by atoms with Crippen LogP contribution in [-0.2, 0) is 24.3 Å². The fourth-order valence-corrected chi connectivity index (χ4v) is 2.49. The zero-order valence-electron chi connectivity index (χ0n) is 11.8. The lowest BCUT2D eigenvalue weighted by atomic mass is 10.2. The van der Waals surface area contributed by atoms with Gasteiger partial charge in [-0.2, -0.15) is 0 Å². The number of ether oxygens (including phenoxy) is 2. The molecule has 0 heterocycles. The Kier molecular flexibility index (Phi) is 6.32. The van der Waals surface area contributed by atoms with Crippen molar-refractivity contribution in [2.75, 3.05) is 20.3 Å². The van der Waals surface area contributed by atoms with Crippen molar-refractivity contribution in [2.45, 2.75) is 18.2 Å². The smallest absolute Gasteiger partial charge is 0.338 e. The SMILES string of the molecule is CCOC(=O)c1ccc(S(=O)(=O)NCCC(=O)OC)cc1. The van der Waals surface area contributed by atoms with Gasteiger partial charge >= 0.3 is 11.9 Å². The first-order valence-corrected chi connectivity index (χ1v) is 7.72. The maximum absolute atomic E-state index is 11.9. The summed E-state index contributed by atoms with van der Waals surface area (Å²) in [5.74, 6) is -1.02. The summed E-state index contributed by atoms with van der Waals surface area (Å²) in [5.41, 5.74) is 0.269. The van der Waals surface area contributed by atoms with Gasteiger partial charge < -0.3 is 9.47 Å². The molecule has 1 aromatic carbocycles. The Morgan fingerprint density at radius 1 is 1.19 bits per heavy atom. The lowest BCUT2D eigenvalue weighted by molar-refractivity contribution is -0.140. The fourth-order valence-electron chi connectivity index (χ4n) is 1.46. The molecule has 0 saturated carbocycles. The molecule has 0 spiro atoms. The zero-order chi connectivity index (χ0) is 15.9. The molecule has 116 valence electrons. The van der Waals surface area contributed by atoms with Crippen LogP contribution in [0.1, 0.15) is 23.7 Å². The van der Waals surface area contributed by atoms with Crippen molar-refractivity contribution in [3.05, 3.63) is 29.8 Å². The van der Waals surface area contributed by atoms with Crippen LogP contribution in [0.4, 0.5) is 0 Å². The van der Waals surface area contributed by atoms with Gasteiger partial charge in [0.15, 0.2) is 0 Å². The van der Waals surface area contributed by atoms with Crippen LogP contribution in [0.25, 0.3) is 0 Å². The number of carbonyl (C=O) groups is 2. The normalized spacial score (nSPS) is 11.0. The summed E-state index contributed by atoms with van der Waals surface area (Å²) in [4.78, 5) is 22.4. The molecule has 1 rings (SSSR count). The monoisotopic (exact) mass is 315 g/mol. The minimum absolute atomic E-state index is 0.000384. The summed E-state index contributed by atoms with van der Waals surface area (Å²) in [5, 5.41) is 0. The molecule has 0 atom stereocenters. The quantitative estimate of drug-likeness (QED) is 0.744. The van der Waals surface area contributed by atoms with Gasteiger partial charge in [-0.1, -0.05) is 0 Å². The van der Waals surface area contributed by atoms with Crippen molar-refractivity contribution in [1.82, 2.24) is 4.72 Å². The van der Waals surface area contributed by atoms with Crippen LogP contribution in [-0.4, -0.2) is 40.6 Å². The summed E-state index contributed by atoms with van der Waals surface area (Å²) in [6.45, 7) is 1.87. The Hall–Kier alpha value is -1.93. The number of benzene rings is 1. The second-order valence-corrected chi connectivity index (χ2v) is 5.74. The summed E-state index contributed by atoms with van der Waals surface area (Å²) in [6, 6.07) is 5.33. The predicted octanol–water partition coefficient (Wildman–Crippen LogP) is 0.705. The Labute approximate surface area is 123 Å². The van der Waals surface area contributed by atoms with Crippen LogP contribution >= 0.6 is 0 Å². The van der Waals surface area contributed by atoms with Gasteiger partial charge in [-0.05, 0) is 31.2 Å². The van der Waals surface area contributed by atoms with E-state index < -0.39 is 22.0 Å². The number of carbonyl (C=O) groups excluding carboxylic acids is 2. The summed E-state index contributed by atoms with van der Waals surface area (Å²) < 4.78 is 35.3. The minimum Gasteiger partial charge on any atom is -0.469 e. The predicted molar refractivity (Wildman–Crippen MR) is 74.2 cm³/mol. The van der Waals surface area contributed by atoms with Gasteiger partial charge in [0.05, 0.1) is 30.6 Å². The number of hydrogen-bond acceptors (Lipinski definition) is 6. The molecule has 0 fully saturated rings. The lowest BCUT2D eigenvalue weighted by Gasteiger charge is -2.07. The van der Waals surface area contributed by atoms with Crippen LogP contribution in [0, 0.1) is 0 Å². The molecule has 8 heteroatoms. The van der Waals surface area contributed by atoms with Crippen molar-refractivity contribution in [1.29, 1.82) is 0 Å².